The number of rotatable bonds is 2. The van der Waals surface area contributed by atoms with E-state index in [1.54, 1.807) is 12.3 Å². The van der Waals surface area contributed by atoms with E-state index in [1.165, 1.54) is 11.3 Å². The van der Waals surface area contributed by atoms with Gasteiger partial charge < -0.3 is 0 Å². The van der Waals surface area contributed by atoms with E-state index < -0.39 is 0 Å². The summed E-state index contributed by atoms with van der Waals surface area (Å²) in [5.41, 5.74) is 1.21. The summed E-state index contributed by atoms with van der Waals surface area (Å²) in [5, 5.41) is 5.40. The Balaban J connectivity index is 2.20. The monoisotopic (exact) mass is 373 g/mol. The fraction of sp³-hybridized carbons (Fsp3) is 0.308. The molecule has 0 aromatic carbocycles. The molecule has 2 aromatic rings. The highest BCUT2D eigenvalue weighted by Gasteiger charge is 2.19. The minimum Gasteiger partial charge on any atom is -0.298 e. The number of carbonyl (C=O) groups excluding carboxylic acids is 1. The SMILES string of the molecule is CC(C)(C)c1csc(NC(=O)c2cc(Br)cnc2Cl)n1. The third-order valence-corrected chi connectivity index (χ3v) is 4.04. The summed E-state index contributed by atoms with van der Waals surface area (Å²) in [6.07, 6.45) is 1.54. The average Bonchev–Trinajstić information content (AvgIpc) is 2.80. The van der Waals surface area contributed by atoms with Gasteiger partial charge in [-0.15, -0.1) is 11.3 Å². The highest BCUT2D eigenvalue weighted by molar-refractivity contribution is 9.10. The zero-order chi connectivity index (χ0) is 14.9. The van der Waals surface area contributed by atoms with Crippen molar-refractivity contribution < 1.29 is 4.79 Å². The molecule has 0 saturated heterocycles. The van der Waals surface area contributed by atoms with Crippen molar-refractivity contribution in [3.8, 4) is 0 Å². The molecule has 0 bridgehead atoms. The Morgan fingerprint density at radius 1 is 1.45 bits per heavy atom. The van der Waals surface area contributed by atoms with Crippen LogP contribution < -0.4 is 5.32 Å². The number of pyridine rings is 1. The van der Waals surface area contributed by atoms with E-state index in [0.29, 0.717) is 15.2 Å². The van der Waals surface area contributed by atoms with Crippen molar-refractivity contribution in [3.05, 3.63) is 38.5 Å². The fourth-order valence-electron chi connectivity index (χ4n) is 1.42. The molecular weight excluding hydrogens is 362 g/mol. The van der Waals surface area contributed by atoms with Crippen LogP contribution in [0.5, 0.6) is 0 Å². The van der Waals surface area contributed by atoms with Crippen LogP contribution in [0.2, 0.25) is 5.15 Å². The Labute approximate surface area is 134 Å². The number of anilines is 1. The maximum Gasteiger partial charge on any atom is 0.260 e. The molecule has 0 fully saturated rings. The van der Waals surface area contributed by atoms with Crippen molar-refractivity contribution in [2.24, 2.45) is 0 Å². The summed E-state index contributed by atoms with van der Waals surface area (Å²) in [6, 6.07) is 1.63. The van der Waals surface area contributed by atoms with E-state index in [2.05, 4.69) is 52.0 Å². The maximum atomic E-state index is 12.2. The predicted molar refractivity (Wildman–Crippen MR) is 85.7 cm³/mol. The van der Waals surface area contributed by atoms with Crippen molar-refractivity contribution in [3.63, 3.8) is 0 Å². The Morgan fingerprint density at radius 2 is 2.15 bits per heavy atom. The third kappa shape index (κ3) is 3.56. The topological polar surface area (TPSA) is 54.9 Å². The highest BCUT2D eigenvalue weighted by Crippen LogP contribution is 2.27. The van der Waals surface area contributed by atoms with Crippen LogP contribution in [0.3, 0.4) is 0 Å². The molecule has 0 atom stereocenters. The maximum absolute atomic E-state index is 12.2. The number of amides is 1. The van der Waals surface area contributed by atoms with Gasteiger partial charge in [-0.3, -0.25) is 10.1 Å². The number of hydrogen-bond acceptors (Lipinski definition) is 4. The number of nitrogens with one attached hydrogen (secondary N) is 1. The van der Waals surface area contributed by atoms with Gasteiger partial charge in [-0.2, -0.15) is 0 Å². The van der Waals surface area contributed by atoms with Crippen LogP contribution in [0.1, 0.15) is 36.8 Å². The second-order valence-corrected chi connectivity index (χ2v) is 7.37. The Morgan fingerprint density at radius 3 is 2.75 bits per heavy atom. The molecule has 0 radical (unpaired) electrons. The van der Waals surface area contributed by atoms with Crippen molar-refractivity contribution in [1.82, 2.24) is 9.97 Å². The number of carbonyl (C=O) groups is 1. The second-order valence-electron chi connectivity index (χ2n) is 5.23. The number of aromatic nitrogens is 2. The molecule has 106 valence electrons. The van der Waals surface area contributed by atoms with Crippen LogP contribution in [0.15, 0.2) is 22.1 Å². The fourth-order valence-corrected chi connectivity index (χ4v) is 2.87. The molecule has 1 N–H and O–H groups in total. The van der Waals surface area contributed by atoms with Crippen molar-refractivity contribution in [2.45, 2.75) is 26.2 Å². The van der Waals surface area contributed by atoms with E-state index in [9.17, 15) is 4.79 Å². The minimum absolute atomic E-state index is 0.0472. The van der Waals surface area contributed by atoms with Gasteiger partial charge in [0.15, 0.2) is 5.13 Å². The Hall–Kier alpha value is -0.980. The molecule has 2 aromatic heterocycles. The van der Waals surface area contributed by atoms with Crippen LogP contribution in [-0.4, -0.2) is 15.9 Å². The van der Waals surface area contributed by atoms with Gasteiger partial charge >= 0.3 is 0 Å². The van der Waals surface area contributed by atoms with Crippen molar-refractivity contribution in [2.75, 3.05) is 5.32 Å². The lowest BCUT2D eigenvalue weighted by atomic mass is 9.93. The van der Waals surface area contributed by atoms with Crippen LogP contribution in [0, 0.1) is 0 Å². The van der Waals surface area contributed by atoms with Gasteiger partial charge in [-0.1, -0.05) is 32.4 Å². The first-order valence-corrected chi connectivity index (χ1v) is 7.91. The van der Waals surface area contributed by atoms with Gasteiger partial charge in [0.25, 0.3) is 5.91 Å². The lowest BCUT2D eigenvalue weighted by Crippen LogP contribution is -2.15. The average molecular weight is 375 g/mol. The summed E-state index contributed by atoms with van der Waals surface area (Å²) in [4.78, 5) is 20.5. The smallest absolute Gasteiger partial charge is 0.260 e. The molecule has 0 aliphatic carbocycles. The summed E-state index contributed by atoms with van der Waals surface area (Å²) >= 11 is 10.6. The van der Waals surface area contributed by atoms with E-state index in [-0.39, 0.29) is 16.5 Å². The van der Waals surface area contributed by atoms with Crippen molar-refractivity contribution >= 4 is 49.9 Å². The normalized spacial score (nSPS) is 11.4. The lowest BCUT2D eigenvalue weighted by molar-refractivity contribution is 0.102. The number of hydrogen-bond donors (Lipinski definition) is 1. The van der Waals surface area contributed by atoms with E-state index in [0.717, 1.165) is 5.69 Å². The summed E-state index contributed by atoms with van der Waals surface area (Å²) in [7, 11) is 0. The summed E-state index contributed by atoms with van der Waals surface area (Å²) in [5.74, 6) is -0.321. The Kier molecular flexibility index (Phi) is 4.46. The zero-order valence-electron chi connectivity index (χ0n) is 11.2. The molecular formula is C13H13BrClN3OS. The lowest BCUT2D eigenvalue weighted by Gasteiger charge is -2.14. The highest BCUT2D eigenvalue weighted by atomic mass is 79.9. The first-order chi connectivity index (χ1) is 9.27. The summed E-state index contributed by atoms with van der Waals surface area (Å²) < 4.78 is 0.696. The van der Waals surface area contributed by atoms with E-state index in [1.807, 2.05) is 5.38 Å². The molecule has 0 aliphatic heterocycles. The van der Waals surface area contributed by atoms with Crippen LogP contribution in [0.4, 0.5) is 5.13 Å². The predicted octanol–water partition coefficient (Wildman–Crippen LogP) is 4.50. The van der Waals surface area contributed by atoms with Gasteiger partial charge in [-0.05, 0) is 22.0 Å². The first-order valence-electron chi connectivity index (χ1n) is 5.86. The van der Waals surface area contributed by atoms with Gasteiger partial charge in [-0.25, -0.2) is 9.97 Å². The Bertz CT molecular complexity index is 651. The first kappa shape index (κ1) is 15.4. The van der Waals surface area contributed by atoms with E-state index >= 15 is 0 Å². The molecule has 0 unspecified atom stereocenters. The van der Waals surface area contributed by atoms with Crippen LogP contribution in [0.25, 0.3) is 0 Å². The zero-order valence-corrected chi connectivity index (χ0v) is 14.4. The molecule has 2 rings (SSSR count). The number of halogens is 2. The van der Waals surface area contributed by atoms with Gasteiger partial charge in [0.05, 0.1) is 11.3 Å². The molecule has 0 spiro atoms. The number of nitrogens with zero attached hydrogens (tertiary/aromatic N) is 2. The molecule has 4 nitrogen and oxygen atoms in total. The largest absolute Gasteiger partial charge is 0.298 e. The van der Waals surface area contributed by atoms with Crippen molar-refractivity contribution in [1.29, 1.82) is 0 Å². The summed E-state index contributed by atoms with van der Waals surface area (Å²) in [6.45, 7) is 6.22. The molecule has 7 heteroatoms. The molecule has 0 aliphatic rings. The van der Waals surface area contributed by atoms with Gasteiger partial charge in [0.2, 0.25) is 0 Å². The van der Waals surface area contributed by atoms with Gasteiger partial charge in [0.1, 0.15) is 5.15 Å². The van der Waals surface area contributed by atoms with Crippen LogP contribution in [-0.2, 0) is 5.41 Å². The van der Waals surface area contributed by atoms with E-state index in [4.69, 9.17) is 11.6 Å². The van der Waals surface area contributed by atoms with Crippen LogP contribution >= 0.6 is 38.9 Å². The second kappa shape index (κ2) is 5.79. The minimum atomic E-state index is -0.321. The molecule has 1 amide bonds. The molecule has 2 heterocycles. The molecule has 20 heavy (non-hydrogen) atoms. The standard InChI is InChI=1S/C13H13BrClN3OS/c1-13(2,3)9-6-20-12(17-9)18-11(19)8-4-7(14)5-16-10(8)15/h4-6H,1-3H3,(H,17,18,19). The number of thiazole rings is 1. The third-order valence-electron chi connectivity index (χ3n) is 2.54. The van der Waals surface area contributed by atoms with Gasteiger partial charge in [0, 0.05) is 21.5 Å². The molecule has 0 saturated carbocycles. The quantitative estimate of drug-likeness (QED) is 0.787.